The zero-order chi connectivity index (χ0) is 17.8. The normalized spacial score (nSPS) is 47.8. The van der Waals surface area contributed by atoms with Crippen LogP contribution in [0.4, 0.5) is 9.18 Å². The van der Waals surface area contributed by atoms with Crippen LogP contribution < -0.4 is 16.0 Å². The summed E-state index contributed by atoms with van der Waals surface area (Å²) in [4.78, 5) is 16.7. The highest BCUT2D eigenvalue weighted by Crippen LogP contribution is 2.36. The van der Waals surface area contributed by atoms with Gasteiger partial charge in [-0.3, -0.25) is 15.5 Å². The number of allylic oxidation sites excluding steroid dienone is 1. The van der Waals surface area contributed by atoms with E-state index in [9.17, 15) is 4.79 Å². The van der Waals surface area contributed by atoms with Crippen LogP contribution >= 0.6 is 0 Å². The van der Waals surface area contributed by atoms with E-state index in [2.05, 4.69) is 40.0 Å². The maximum absolute atomic E-state index is 15.2. The summed E-state index contributed by atoms with van der Waals surface area (Å²) in [6, 6.07) is -0.386. The van der Waals surface area contributed by atoms with E-state index in [1.165, 1.54) is 0 Å². The molecule has 5 heterocycles. The van der Waals surface area contributed by atoms with Gasteiger partial charge in [-0.05, 0) is 51.3 Å². The Hall–Kier alpha value is -1.38. The number of ether oxygens (including phenoxy) is 1. The fraction of sp³-hybridized carbons (Fsp3) is 0.833. The molecule has 7 nitrogen and oxygen atoms in total. The predicted molar refractivity (Wildman–Crippen MR) is 93.7 cm³/mol. The van der Waals surface area contributed by atoms with Gasteiger partial charge in [-0.1, -0.05) is 6.08 Å². The van der Waals surface area contributed by atoms with Crippen molar-refractivity contribution in [3.8, 4) is 0 Å². The van der Waals surface area contributed by atoms with Crippen molar-refractivity contribution in [1.29, 1.82) is 0 Å². The number of hydrogen-bond acceptors (Lipinski definition) is 5. The third-order valence-electron chi connectivity index (χ3n) is 6.60. The first-order chi connectivity index (χ1) is 12.6. The summed E-state index contributed by atoms with van der Waals surface area (Å²) in [6.45, 7) is 3.77. The minimum absolute atomic E-state index is 0.0733. The Morgan fingerprint density at radius 1 is 1.31 bits per heavy atom. The molecule has 0 radical (unpaired) electrons. The Labute approximate surface area is 153 Å². The van der Waals surface area contributed by atoms with Crippen LogP contribution in [-0.2, 0) is 4.74 Å². The molecule has 0 aromatic rings. The molecule has 2 bridgehead atoms. The van der Waals surface area contributed by atoms with E-state index in [-0.39, 0.29) is 42.5 Å². The van der Waals surface area contributed by atoms with Crippen molar-refractivity contribution in [2.45, 2.75) is 75.5 Å². The molecule has 3 N–H and O–H groups in total. The highest BCUT2D eigenvalue weighted by molar-refractivity contribution is 5.78. The lowest BCUT2D eigenvalue weighted by Crippen LogP contribution is -2.68. The van der Waals surface area contributed by atoms with Gasteiger partial charge >= 0.3 is 6.03 Å². The van der Waals surface area contributed by atoms with Gasteiger partial charge in [0.2, 0.25) is 0 Å². The first-order valence-electron chi connectivity index (χ1n) is 9.92. The van der Waals surface area contributed by atoms with Crippen molar-refractivity contribution >= 4 is 6.03 Å². The number of carbonyl (C=O) groups is 1. The van der Waals surface area contributed by atoms with E-state index in [4.69, 9.17) is 4.74 Å². The average molecular weight is 365 g/mol. The lowest BCUT2D eigenvalue weighted by Gasteiger charge is -2.49. The largest absolute Gasteiger partial charge is 0.373 e. The van der Waals surface area contributed by atoms with Gasteiger partial charge in [-0.25, -0.2) is 9.18 Å². The van der Waals surface area contributed by atoms with Crippen LogP contribution in [0.2, 0.25) is 0 Å². The number of hydrogen-bond donors (Lipinski definition) is 3. The number of nitrogens with zero attached hydrogens (tertiary/aromatic N) is 2. The number of amides is 2. The molecule has 0 saturated carbocycles. The lowest BCUT2D eigenvalue weighted by atomic mass is 9.86. The minimum atomic E-state index is -1.07. The van der Waals surface area contributed by atoms with Gasteiger partial charge in [0.1, 0.15) is 18.5 Å². The molecule has 7 unspecified atom stereocenters. The standard InChI is InChI=1S/C18H28FN5O2/c1-10-5-8-23-7-2-3-11-9-12(19)17(22-16(11)23)24-14-13(26-10)4-6-20-15(14)21-18(24)25/h2,7,10-17,20,22H,3-6,8-9H2,1H3,(H,21,25)/t10-,11?,12?,13?,14?,15?,16?,17?/m0/s1. The molecule has 26 heavy (non-hydrogen) atoms. The van der Waals surface area contributed by atoms with E-state index < -0.39 is 12.3 Å². The van der Waals surface area contributed by atoms with Gasteiger partial charge in [0.15, 0.2) is 0 Å². The van der Waals surface area contributed by atoms with Gasteiger partial charge < -0.3 is 15.0 Å². The van der Waals surface area contributed by atoms with E-state index in [1.807, 2.05) is 0 Å². The van der Waals surface area contributed by atoms with Crippen molar-refractivity contribution in [1.82, 2.24) is 25.8 Å². The maximum Gasteiger partial charge on any atom is 0.320 e. The van der Waals surface area contributed by atoms with Gasteiger partial charge in [-0.15, -0.1) is 0 Å². The molecule has 5 aliphatic rings. The number of nitrogens with one attached hydrogen (secondary N) is 3. The third-order valence-corrected chi connectivity index (χ3v) is 6.60. The summed E-state index contributed by atoms with van der Waals surface area (Å²) in [5.41, 5.74) is 0. The Bertz CT molecular complexity index is 604. The number of halogens is 1. The second-order valence-corrected chi connectivity index (χ2v) is 8.27. The monoisotopic (exact) mass is 365 g/mol. The SMILES string of the molecule is C[C@H]1CCN2C=CCC3CC(F)C(NC32)N2C(=O)NC3NCCC(O1)C32. The second kappa shape index (κ2) is 6.35. The van der Waals surface area contributed by atoms with Crippen LogP contribution in [0.3, 0.4) is 0 Å². The van der Waals surface area contributed by atoms with Crippen LogP contribution in [0, 0.1) is 5.92 Å². The average Bonchev–Trinajstić information content (AvgIpc) is 2.94. The molecule has 4 fully saturated rings. The second-order valence-electron chi connectivity index (χ2n) is 8.27. The maximum atomic E-state index is 15.2. The summed E-state index contributed by atoms with van der Waals surface area (Å²) < 4.78 is 21.5. The van der Waals surface area contributed by atoms with Crippen molar-refractivity contribution in [3.63, 3.8) is 0 Å². The summed E-state index contributed by atoms with van der Waals surface area (Å²) in [5, 5.41) is 9.84. The number of rotatable bonds is 0. The van der Waals surface area contributed by atoms with Gasteiger partial charge in [0.05, 0.1) is 24.4 Å². The number of carbonyl (C=O) groups excluding carboxylic acids is 1. The summed E-state index contributed by atoms with van der Waals surface area (Å²) in [5.74, 6) is 0.241. The van der Waals surface area contributed by atoms with Crippen LogP contribution in [0.15, 0.2) is 12.3 Å². The zero-order valence-electron chi connectivity index (χ0n) is 15.1. The van der Waals surface area contributed by atoms with Gasteiger partial charge in [-0.2, -0.15) is 0 Å². The lowest BCUT2D eigenvalue weighted by molar-refractivity contribution is -0.0771. The summed E-state index contributed by atoms with van der Waals surface area (Å²) in [7, 11) is 0. The minimum Gasteiger partial charge on any atom is -0.373 e. The third kappa shape index (κ3) is 2.61. The Balaban J connectivity index is 1.53. The van der Waals surface area contributed by atoms with Crippen LogP contribution in [0.1, 0.15) is 32.6 Å². The summed E-state index contributed by atoms with van der Waals surface area (Å²) >= 11 is 0. The molecule has 8 heteroatoms. The van der Waals surface area contributed by atoms with Crippen molar-refractivity contribution in [3.05, 3.63) is 12.3 Å². The van der Waals surface area contributed by atoms with Crippen molar-refractivity contribution in [2.24, 2.45) is 5.92 Å². The zero-order valence-corrected chi connectivity index (χ0v) is 15.1. The molecule has 5 rings (SSSR count). The number of piperidine rings is 2. The summed E-state index contributed by atoms with van der Waals surface area (Å²) in [6.07, 6.45) is 5.62. The molecule has 144 valence electrons. The molecule has 0 aromatic carbocycles. The molecule has 0 spiro atoms. The molecule has 0 aliphatic carbocycles. The highest BCUT2D eigenvalue weighted by atomic mass is 19.1. The van der Waals surface area contributed by atoms with Gasteiger partial charge in [0, 0.05) is 6.54 Å². The fourth-order valence-corrected chi connectivity index (χ4v) is 5.35. The fourth-order valence-electron chi connectivity index (χ4n) is 5.35. The molecule has 0 aromatic heterocycles. The topological polar surface area (TPSA) is 68.9 Å². The van der Waals surface area contributed by atoms with E-state index in [0.29, 0.717) is 6.42 Å². The number of alkyl halides is 1. The molecule has 2 amide bonds. The molecule has 4 saturated heterocycles. The Morgan fingerprint density at radius 3 is 3.08 bits per heavy atom. The predicted octanol–water partition coefficient (Wildman–Crippen LogP) is 0.696. The first kappa shape index (κ1) is 16.8. The molecule has 5 aliphatic heterocycles. The smallest absolute Gasteiger partial charge is 0.320 e. The molecular formula is C18H28FN5O2. The van der Waals surface area contributed by atoms with E-state index in [0.717, 1.165) is 32.4 Å². The van der Waals surface area contributed by atoms with Crippen LogP contribution in [-0.4, -0.2) is 71.8 Å². The number of urea groups is 1. The van der Waals surface area contributed by atoms with Crippen LogP contribution in [0.25, 0.3) is 0 Å². The highest BCUT2D eigenvalue weighted by Gasteiger charge is 2.54. The van der Waals surface area contributed by atoms with Crippen molar-refractivity contribution < 1.29 is 13.9 Å². The van der Waals surface area contributed by atoms with Crippen molar-refractivity contribution in [2.75, 3.05) is 13.1 Å². The van der Waals surface area contributed by atoms with Crippen LogP contribution in [0.5, 0.6) is 0 Å². The number of fused-ring (bicyclic) bond motifs is 2. The Kier molecular flexibility index (Phi) is 4.10. The van der Waals surface area contributed by atoms with Gasteiger partial charge in [0.25, 0.3) is 0 Å². The molecule has 8 atom stereocenters. The Morgan fingerprint density at radius 2 is 2.19 bits per heavy atom. The molecular weight excluding hydrogens is 337 g/mol. The first-order valence-corrected chi connectivity index (χ1v) is 9.92. The van der Waals surface area contributed by atoms with E-state index >= 15 is 4.39 Å². The van der Waals surface area contributed by atoms with E-state index in [1.54, 1.807) is 4.90 Å². The quantitative estimate of drug-likeness (QED) is 0.590.